The molecular weight excluding hydrogens is 258 g/mol. The first-order valence-corrected chi connectivity index (χ1v) is 6.30. The first-order valence-electron chi connectivity index (χ1n) is 6.30. The molecule has 5 nitrogen and oxygen atoms in total. The molecule has 0 saturated heterocycles. The molecule has 0 spiro atoms. The predicted octanol–water partition coefficient (Wildman–Crippen LogP) is 2.53. The number of rotatable bonds is 5. The number of furan rings is 1. The summed E-state index contributed by atoms with van der Waals surface area (Å²) < 4.78 is 10.2. The Balaban J connectivity index is 1.91. The lowest BCUT2D eigenvalue weighted by Crippen LogP contribution is -2.22. The van der Waals surface area contributed by atoms with Gasteiger partial charge in [0.05, 0.1) is 12.8 Å². The molecule has 1 heterocycles. The third-order valence-electron chi connectivity index (χ3n) is 2.64. The average molecular weight is 273 g/mol. The van der Waals surface area contributed by atoms with Crippen LogP contribution in [-0.2, 0) is 11.3 Å². The van der Waals surface area contributed by atoms with Gasteiger partial charge in [0.1, 0.15) is 11.5 Å². The maximum atomic E-state index is 11.9. The van der Waals surface area contributed by atoms with Crippen LogP contribution in [0.25, 0.3) is 0 Å². The Kier molecular flexibility index (Phi) is 4.55. The molecule has 0 aliphatic heterocycles. The molecule has 5 heteroatoms. The predicted molar refractivity (Wildman–Crippen MR) is 72.2 cm³/mol. The summed E-state index contributed by atoms with van der Waals surface area (Å²) in [4.78, 5) is 23.0. The Morgan fingerprint density at radius 2 is 1.95 bits per heavy atom. The number of carbonyl (C=O) groups excluding carboxylic acids is 2. The number of hydrogen-bond acceptors (Lipinski definition) is 4. The zero-order chi connectivity index (χ0) is 14.4. The highest BCUT2D eigenvalue weighted by Crippen LogP contribution is 2.13. The maximum absolute atomic E-state index is 11.9. The molecular formula is C15H15NO4. The third kappa shape index (κ3) is 3.71. The molecule has 2 aromatic rings. The summed E-state index contributed by atoms with van der Waals surface area (Å²) in [5, 5.41) is 2.73. The molecule has 20 heavy (non-hydrogen) atoms. The van der Waals surface area contributed by atoms with Crippen molar-refractivity contribution in [2.75, 3.05) is 0 Å². The Labute approximate surface area is 116 Å². The van der Waals surface area contributed by atoms with E-state index in [2.05, 4.69) is 5.32 Å². The summed E-state index contributed by atoms with van der Waals surface area (Å²) in [6, 6.07) is 9.95. The van der Waals surface area contributed by atoms with Crippen LogP contribution in [0.5, 0.6) is 5.75 Å². The summed E-state index contributed by atoms with van der Waals surface area (Å²) >= 11 is 0. The Hall–Kier alpha value is -2.56. The lowest BCUT2D eigenvalue weighted by Gasteiger charge is -2.05. The molecule has 0 radical (unpaired) electrons. The van der Waals surface area contributed by atoms with Gasteiger partial charge in [-0.1, -0.05) is 6.92 Å². The molecule has 0 unspecified atom stereocenters. The van der Waals surface area contributed by atoms with E-state index in [1.54, 1.807) is 49.6 Å². The fourth-order valence-corrected chi connectivity index (χ4v) is 1.56. The zero-order valence-corrected chi connectivity index (χ0v) is 11.1. The van der Waals surface area contributed by atoms with E-state index in [0.29, 0.717) is 30.0 Å². The fourth-order valence-electron chi connectivity index (χ4n) is 1.56. The van der Waals surface area contributed by atoms with E-state index in [1.807, 2.05) is 0 Å². The van der Waals surface area contributed by atoms with Gasteiger partial charge in [0.15, 0.2) is 0 Å². The second-order valence-electron chi connectivity index (χ2n) is 4.11. The van der Waals surface area contributed by atoms with Crippen molar-refractivity contribution in [3.63, 3.8) is 0 Å². The molecule has 0 aliphatic carbocycles. The maximum Gasteiger partial charge on any atom is 0.310 e. The van der Waals surface area contributed by atoms with Crippen molar-refractivity contribution < 1.29 is 18.7 Å². The summed E-state index contributed by atoms with van der Waals surface area (Å²) in [7, 11) is 0. The van der Waals surface area contributed by atoms with Gasteiger partial charge in [-0.3, -0.25) is 9.59 Å². The van der Waals surface area contributed by atoms with Crippen molar-refractivity contribution in [2.24, 2.45) is 0 Å². The fraction of sp³-hybridized carbons (Fsp3) is 0.200. The number of benzene rings is 1. The number of hydrogen-bond donors (Lipinski definition) is 1. The summed E-state index contributed by atoms with van der Waals surface area (Å²) in [5.74, 6) is 0.598. The van der Waals surface area contributed by atoms with E-state index in [0.717, 1.165) is 0 Å². The van der Waals surface area contributed by atoms with Crippen LogP contribution in [0, 0.1) is 0 Å². The van der Waals surface area contributed by atoms with Crippen molar-refractivity contribution in [1.82, 2.24) is 5.32 Å². The summed E-state index contributed by atoms with van der Waals surface area (Å²) in [6.07, 6.45) is 1.86. The van der Waals surface area contributed by atoms with Crippen molar-refractivity contribution >= 4 is 11.9 Å². The number of amides is 1. The van der Waals surface area contributed by atoms with Crippen molar-refractivity contribution in [1.29, 1.82) is 0 Å². The van der Waals surface area contributed by atoms with Gasteiger partial charge >= 0.3 is 5.97 Å². The van der Waals surface area contributed by atoms with Crippen molar-refractivity contribution in [3.05, 3.63) is 54.0 Å². The highest BCUT2D eigenvalue weighted by atomic mass is 16.5. The molecule has 2 rings (SSSR count). The van der Waals surface area contributed by atoms with E-state index >= 15 is 0 Å². The number of ether oxygens (including phenoxy) is 1. The Bertz CT molecular complexity index is 572. The van der Waals surface area contributed by atoms with Crippen LogP contribution in [0.1, 0.15) is 29.5 Å². The van der Waals surface area contributed by atoms with Crippen molar-refractivity contribution in [2.45, 2.75) is 19.9 Å². The van der Waals surface area contributed by atoms with Crippen LogP contribution in [0.4, 0.5) is 0 Å². The van der Waals surface area contributed by atoms with Crippen LogP contribution in [0.3, 0.4) is 0 Å². The van der Waals surface area contributed by atoms with Gasteiger partial charge in [0, 0.05) is 12.0 Å². The normalized spacial score (nSPS) is 10.1. The minimum absolute atomic E-state index is 0.213. The topological polar surface area (TPSA) is 68.5 Å². The lowest BCUT2D eigenvalue weighted by molar-refractivity contribution is -0.134. The van der Waals surface area contributed by atoms with Crippen molar-refractivity contribution in [3.8, 4) is 5.75 Å². The molecule has 0 saturated carbocycles. The van der Waals surface area contributed by atoms with E-state index in [-0.39, 0.29) is 11.9 Å². The van der Waals surface area contributed by atoms with E-state index in [1.165, 1.54) is 0 Å². The van der Waals surface area contributed by atoms with E-state index in [9.17, 15) is 9.59 Å². The molecule has 1 N–H and O–H groups in total. The van der Waals surface area contributed by atoms with Crippen LogP contribution in [0.2, 0.25) is 0 Å². The van der Waals surface area contributed by atoms with Crippen LogP contribution < -0.4 is 10.1 Å². The molecule has 1 aromatic heterocycles. The molecule has 0 aliphatic rings. The first-order chi connectivity index (χ1) is 9.69. The number of nitrogens with one attached hydrogen (secondary N) is 1. The van der Waals surface area contributed by atoms with E-state index in [4.69, 9.17) is 9.15 Å². The minimum atomic E-state index is -0.306. The monoisotopic (exact) mass is 273 g/mol. The molecule has 104 valence electrons. The Morgan fingerprint density at radius 3 is 2.55 bits per heavy atom. The van der Waals surface area contributed by atoms with Gasteiger partial charge in [-0.2, -0.15) is 0 Å². The van der Waals surface area contributed by atoms with Gasteiger partial charge in [0.25, 0.3) is 5.91 Å². The lowest BCUT2D eigenvalue weighted by atomic mass is 10.2. The third-order valence-corrected chi connectivity index (χ3v) is 2.64. The summed E-state index contributed by atoms with van der Waals surface area (Å²) in [5.41, 5.74) is 0.493. The number of carbonyl (C=O) groups is 2. The molecule has 0 fully saturated rings. The van der Waals surface area contributed by atoms with Gasteiger partial charge in [-0.15, -0.1) is 0 Å². The van der Waals surface area contributed by atoms with Crippen LogP contribution in [0.15, 0.2) is 47.1 Å². The molecule has 1 amide bonds. The van der Waals surface area contributed by atoms with E-state index < -0.39 is 0 Å². The molecule has 1 aromatic carbocycles. The second kappa shape index (κ2) is 6.56. The van der Waals surface area contributed by atoms with Gasteiger partial charge < -0.3 is 14.5 Å². The Morgan fingerprint density at radius 1 is 1.20 bits per heavy atom. The van der Waals surface area contributed by atoms with Crippen LogP contribution >= 0.6 is 0 Å². The highest BCUT2D eigenvalue weighted by Gasteiger charge is 2.07. The summed E-state index contributed by atoms with van der Waals surface area (Å²) in [6.45, 7) is 2.05. The SMILES string of the molecule is CCC(=O)Oc1ccc(C(=O)NCc2ccco2)cc1. The highest BCUT2D eigenvalue weighted by molar-refractivity contribution is 5.94. The number of esters is 1. The zero-order valence-electron chi connectivity index (χ0n) is 11.1. The molecule has 0 atom stereocenters. The van der Waals surface area contributed by atoms with Gasteiger partial charge in [-0.25, -0.2) is 0 Å². The van der Waals surface area contributed by atoms with Gasteiger partial charge in [-0.05, 0) is 36.4 Å². The smallest absolute Gasteiger partial charge is 0.310 e. The first kappa shape index (κ1) is 13.9. The van der Waals surface area contributed by atoms with Crippen LogP contribution in [-0.4, -0.2) is 11.9 Å². The van der Waals surface area contributed by atoms with Gasteiger partial charge in [0.2, 0.25) is 0 Å². The minimum Gasteiger partial charge on any atom is -0.467 e. The quantitative estimate of drug-likeness (QED) is 0.671. The largest absolute Gasteiger partial charge is 0.467 e. The average Bonchev–Trinajstić information content (AvgIpc) is 2.98. The molecule has 0 bridgehead atoms. The standard InChI is InChI=1S/C15H15NO4/c1-2-14(17)20-12-7-5-11(6-8-12)15(18)16-10-13-4-3-9-19-13/h3-9H,2,10H2,1H3,(H,16,18). The second-order valence-corrected chi connectivity index (χ2v) is 4.11.